The lowest BCUT2D eigenvalue weighted by Crippen LogP contribution is -2.04. The predicted molar refractivity (Wildman–Crippen MR) is 400 cm³/mol. The summed E-state index contributed by atoms with van der Waals surface area (Å²) in [6.45, 7) is 0. The Morgan fingerprint density at radius 1 is 0.202 bits per heavy atom. The highest BCUT2D eigenvalue weighted by atomic mass is 15.0. The van der Waals surface area contributed by atoms with Gasteiger partial charge in [0.2, 0.25) is 0 Å². The maximum Gasteiger partial charge on any atom is 0.164 e. The number of fused-ring (bicyclic) bond motifs is 6. The van der Waals surface area contributed by atoms with Gasteiger partial charge in [0.15, 0.2) is 17.5 Å². The molecule has 0 saturated carbocycles. The van der Waals surface area contributed by atoms with E-state index in [1.165, 1.54) is 0 Å². The monoisotopic (exact) mass is 1320 g/mol. The summed E-state index contributed by atoms with van der Waals surface area (Å²) in [5.41, 5.74) is 18.0. The van der Waals surface area contributed by atoms with Gasteiger partial charge in [-0.3, -0.25) is 0 Å². The molecule has 3 aromatic heterocycles. The van der Waals surface area contributed by atoms with Crippen molar-refractivity contribution in [1.82, 2.24) is 24.1 Å². The lowest BCUT2D eigenvalue weighted by atomic mass is 9.93. The molecule has 0 saturated heterocycles. The van der Waals surface area contributed by atoms with E-state index in [-0.39, 0.29) is 0 Å². The summed E-state index contributed by atoms with van der Waals surface area (Å²) >= 11 is 0. The molecule has 0 radical (unpaired) electrons. The van der Waals surface area contributed by atoms with Crippen LogP contribution in [0.3, 0.4) is 0 Å². The minimum atomic E-state index is 0.319. The largest absolute Gasteiger partial charge is 0.309 e. The molecule has 474 valence electrons. The van der Waals surface area contributed by atoms with Crippen molar-refractivity contribution in [2.75, 3.05) is 0 Å². The summed E-state index contributed by atoms with van der Waals surface area (Å²) in [5, 5.41) is 95.8. The molecule has 0 aliphatic rings. The van der Waals surface area contributed by atoms with Crippen LogP contribution in [0.25, 0.3) is 156 Å². The van der Waals surface area contributed by atoms with Crippen LogP contribution >= 0.6 is 0 Å². The topological polar surface area (TPSA) is 263 Å². The van der Waals surface area contributed by atoms with Crippen LogP contribution in [0.15, 0.2) is 267 Å². The van der Waals surface area contributed by atoms with Crippen molar-refractivity contribution in [2.45, 2.75) is 0 Å². The second kappa shape index (κ2) is 26.0. The number of rotatable bonds is 11. The lowest BCUT2D eigenvalue weighted by Gasteiger charge is -2.21. The Balaban J connectivity index is 1.04. The molecule has 14 nitrogen and oxygen atoms in total. The quantitative estimate of drug-likeness (QED) is 0.117. The molecule has 0 aliphatic carbocycles. The summed E-state index contributed by atoms with van der Waals surface area (Å²) in [7, 11) is 0. The van der Waals surface area contributed by atoms with E-state index in [9.17, 15) is 47.4 Å². The van der Waals surface area contributed by atoms with Crippen LogP contribution in [0, 0.1) is 102 Å². The molecule has 13 aromatic carbocycles. The zero-order valence-electron chi connectivity index (χ0n) is 54.7. The van der Waals surface area contributed by atoms with E-state index in [1.54, 1.807) is 78.9 Å². The van der Waals surface area contributed by atoms with E-state index in [1.807, 2.05) is 152 Å². The van der Waals surface area contributed by atoms with E-state index in [0.717, 1.165) is 82.6 Å². The lowest BCUT2D eigenvalue weighted by molar-refractivity contribution is 1.07. The SMILES string of the molecule is N#Cc1cc(C#N)cc(-c2ccc3c(c2)c2cc(-c4cc(C#N)cc(C#N)c4)ccc2n3-c2ccc(-c3nc(-c4ccccc4)nc(-c4ccccc4)n3)cc2-c2ccc(-c3ccccc3C#N)cc2-n2c3ccc(-c4cc(C#N)cc(C#N)c4)cc3c3cc(-c4cc(C#N)cc(C#N)c4)ccc32)c1. The van der Waals surface area contributed by atoms with Crippen LogP contribution in [0.1, 0.15) is 50.1 Å². The van der Waals surface area contributed by atoms with Gasteiger partial charge in [0, 0.05) is 49.4 Å². The van der Waals surface area contributed by atoms with Gasteiger partial charge in [-0.1, -0.05) is 115 Å². The molecular formula is C90H44N14. The van der Waals surface area contributed by atoms with Crippen molar-refractivity contribution < 1.29 is 0 Å². The van der Waals surface area contributed by atoms with Gasteiger partial charge in [-0.05, 0) is 207 Å². The second-order valence-electron chi connectivity index (χ2n) is 24.8. The molecule has 0 amide bonds. The van der Waals surface area contributed by atoms with Crippen LogP contribution < -0.4 is 0 Å². The fourth-order valence-corrected chi connectivity index (χ4v) is 13.9. The Bertz CT molecular complexity index is 6340. The summed E-state index contributed by atoms with van der Waals surface area (Å²) in [6, 6.07) is 104. The number of benzene rings is 13. The van der Waals surface area contributed by atoms with Gasteiger partial charge in [-0.2, -0.15) is 47.4 Å². The molecule has 0 fully saturated rings. The highest BCUT2D eigenvalue weighted by Gasteiger charge is 2.26. The van der Waals surface area contributed by atoms with Gasteiger partial charge < -0.3 is 9.13 Å². The van der Waals surface area contributed by atoms with Gasteiger partial charge in [0.1, 0.15) is 0 Å². The molecule has 104 heavy (non-hydrogen) atoms. The Kier molecular flexibility index (Phi) is 15.7. The van der Waals surface area contributed by atoms with Gasteiger partial charge in [0.05, 0.1) is 138 Å². The molecule has 3 heterocycles. The number of nitriles is 9. The zero-order valence-corrected chi connectivity index (χ0v) is 54.7. The molecule has 0 atom stereocenters. The highest BCUT2D eigenvalue weighted by molar-refractivity contribution is 6.14. The first kappa shape index (κ1) is 62.7. The van der Waals surface area contributed by atoms with Crippen LogP contribution in [0.5, 0.6) is 0 Å². The predicted octanol–water partition coefficient (Wildman–Crippen LogP) is 19.9. The van der Waals surface area contributed by atoms with Gasteiger partial charge in [-0.25, -0.2) is 15.0 Å². The van der Waals surface area contributed by atoms with Crippen molar-refractivity contribution in [3.05, 3.63) is 317 Å². The van der Waals surface area contributed by atoms with E-state index in [0.29, 0.717) is 123 Å². The molecule has 16 rings (SSSR count). The van der Waals surface area contributed by atoms with E-state index in [4.69, 9.17) is 15.0 Å². The summed E-state index contributed by atoms with van der Waals surface area (Å²) in [5.74, 6) is 1.29. The Morgan fingerprint density at radius 3 is 0.875 bits per heavy atom. The molecule has 0 unspecified atom stereocenters. The Labute approximate surface area is 595 Å². The average Bonchev–Trinajstić information content (AvgIpc) is 1.55. The minimum Gasteiger partial charge on any atom is -0.309 e. The van der Waals surface area contributed by atoms with Crippen molar-refractivity contribution in [2.24, 2.45) is 0 Å². The fourth-order valence-electron chi connectivity index (χ4n) is 13.9. The molecule has 16 aromatic rings. The molecule has 0 N–H and O–H groups in total. The van der Waals surface area contributed by atoms with Crippen molar-refractivity contribution in [1.29, 1.82) is 47.4 Å². The van der Waals surface area contributed by atoms with Gasteiger partial charge >= 0.3 is 0 Å². The van der Waals surface area contributed by atoms with Crippen molar-refractivity contribution in [3.63, 3.8) is 0 Å². The van der Waals surface area contributed by atoms with E-state index in [2.05, 4.69) is 100 Å². The van der Waals surface area contributed by atoms with Crippen LogP contribution in [0.2, 0.25) is 0 Å². The maximum atomic E-state index is 10.8. The fraction of sp³-hybridized carbons (Fsp3) is 0. The number of nitrogens with zero attached hydrogens (tertiary/aromatic N) is 14. The highest BCUT2D eigenvalue weighted by Crippen LogP contribution is 2.47. The summed E-state index contributed by atoms with van der Waals surface area (Å²) in [6.07, 6.45) is 0. The van der Waals surface area contributed by atoms with Crippen LogP contribution in [-0.2, 0) is 0 Å². The third kappa shape index (κ3) is 11.2. The Morgan fingerprint density at radius 2 is 0.519 bits per heavy atom. The second-order valence-corrected chi connectivity index (χ2v) is 24.8. The summed E-state index contributed by atoms with van der Waals surface area (Å²) < 4.78 is 4.41. The van der Waals surface area contributed by atoms with Crippen molar-refractivity contribution >= 4 is 43.6 Å². The van der Waals surface area contributed by atoms with Crippen LogP contribution in [-0.4, -0.2) is 24.1 Å². The maximum absolute atomic E-state index is 10.8. The first-order valence-corrected chi connectivity index (χ1v) is 32.7. The first-order chi connectivity index (χ1) is 51.0. The first-order valence-electron chi connectivity index (χ1n) is 32.7. The zero-order chi connectivity index (χ0) is 71.1. The Hall–Kier alpha value is -16.1. The van der Waals surface area contributed by atoms with Gasteiger partial charge in [0.25, 0.3) is 0 Å². The molecular weight excluding hydrogens is 1280 g/mol. The van der Waals surface area contributed by atoms with Crippen molar-refractivity contribution in [3.8, 4) is 167 Å². The average molecular weight is 1320 g/mol. The number of hydrogen-bond acceptors (Lipinski definition) is 12. The summed E-state index contributed by atoms with van der Waals surface area (Å²) in [4.78, 5) is 15.6. The van der Waals surface area contributed by atoms with E-state index >= 15 is 0 Å². The van der Waals surface area contributed by atoms with E-state index < -0.39 is 0 Å². The molecule has 0 aliphatic heterocycles. The normalized spacial score (nSPS) is 10.8. The number of aromatic nitrogens is 5. The third-order valence-electron chi connectivity index (χ3n) is 18.7. The minimum absolute atomic E-state index is 0.319. The molecule has 0 spiro atoms. The van der Waals surface area contributed by atoms with Gasteiger partial charge in [-0.15, -0.1) is 0 Å². The standard InChI is InChI=1S/C90H44N14/c91-45-54-27-55(46-92)32-71(31-54)64-16-22-83-78(39-64)79-40-65(72-33-56(47-93)28-57(34-72)48-94)17-23-84(79)103(83)82-26-20-69(90-101-88(62-9-3-1-4-10-62)100-89(102-90)63-11-5-2-6-12-63)43-77(82)76-21-15-68(75-14-8-7-13-70(75)53-99)44-87(76)104-85-24-18-66(73-35-58(49-95)29-59(36-73)50-96)41-80(85)81-42-67(19-25-86(81)104)74-37-60(51-97)30-61(38-74)52-98/h1-44H. The molecule has 14 heteroatoms. The smallest absolute Gasteiger partial charge is 0.164 e. The number of hydrogen-bond donors (Lipinski definition) is 0. The molecule has 0 bridgehead atoms. The third-order valence-corrected chi connectivity index (χ3v) is 18.7. The van der Waals surface area contributed by atoms with Crippen LogP contribution in [0.4, 0.5) is 0 Å².